The van der Waals surface area contributed by atoms with E-state index < -0.39 is 0 Å². The number of rotatable bonds is 3. The van der Waals surface area contributed by atoms with E-state index in [2.05, 4.69) is 55.5 Å². The molecule has 0 bridgehead atoms. The minimum Gasteiger partial charge on any atom is -0.378 e. The van der Waals surface area contributed by atoms with Gasteiger partial charge in [0, 0.05) is 5.39 Å². The normalized spacial score (nSPS) is 10.7. The van der Waals surface area contributed by atoms with Crippen LogP contribution in [0.2, 0.25) is 0 Å². The number of fused-ring (bicyclic) bond motifs is 1. The number of nitrogens with zero attached hydrogens (tertiary/aromatic N) is 2. The average Bonchev–Trinajstić information content (AvgIpc) is 2.48. The number of pyridine rings is 2. The molecule has 0 atom stereocenters. The molecule has 2 aromatic heterocycles. The third kappa shape index (κ3) is 2.80. The van der Waals surface area contributed by atoms with Gasteiger partial charge in [-0.2, -0.15) is 0 Å². The summed E-state index contributed by atoms with van der Waals surface area (Å²) < 4.78 is 0.881. The molecule has 2 heterocycles. The maximum Gasteiger partial charge on any atom is 0.109 e. The Labute approximate surface area is 126 Å². The molecule has 0 saturated heterocycles. The Morgan fingerprint density at radius 1 is 1.15 bits per heavy atom. The predicted octanol–water partition coefficient (Wildman–Crippen LogP) is 4.31. The summed E-state index contributed by atoms with van der Waals surface area (Å²) in [5.41, 5.74) is 4.16. The molecule has 0 spiro atoms. The Hall–Kier alpha value is -1.94. The van der Waals surface area contributed by atoms with E-state index in [-0.39, 0.29) is 0 Å². The topological polar surface area (TPSA) is 37.8 Å². The molecule has 100 valence electrons. The highest BCUT2D eigenvalue weighted by molar-refractivity contribution is 9.10. The van der Waals surface area contributed by atoms with Crippen molar-refractivity contribution in [1.82, 2.24) is 9.97 Å². The molecule has 0 radical (unpaired) electrons. The van der Waals surface area contributed by atoms with Gasteiger partial charge >= 0.3 is 0 Å². The molecule has 1 aromatic carbocycles. The first kappa shape index (κ1) is 13.1. The maximum atomic E-state index is 4.64. The molecule has 0 amide bonds. The Kier molecular flexibility index (Phi) is 3.65. The van der Waals surface area contributed by atoms with Gasteiger partial charge in [-0.3, -0.25) is 4.98 Å². The van der Waals surface area contributed by atoms with Crippen molar-refractivity contribution in [2.75, 3.05) is 5.32 Å². The SMILES string of the molecule is Cc1cc(NCc2ccc3ccccc3n2)cnc1Br. The highest BCUT2D eigenvalue weighted by Gasteiger charge is 2.01. The highest BCUT2D eigenvalue weighted by atomic mass is 79.9. The number of anilines is 1. The summed E-state index contributed by atoms with van der Waals surface area (Å²) in [5, 5.41) is 4.51. The van der Waals surface area contributed by atoms with Crippen LogP contribution in [0.5, 0.6) is 0 Å². The first-order valence-electron chi connectivity index (χ1n) is 6.43. The molecule has 0 unspecified atom stereocenters. The summed E-state index contributed by atoms with van der Waals surface area (Å²) in [6, 6.07) is 14.4. The zero-order valence-corrected chi connectivity index (χ0v) is 12.7. The van der Waals surface area contributed by atoms with Crippen molar-refractivity contribution in [3.63, 3.8) is 0 Å². The van der Waals surface area contributed by atoms with Crippen LogP contribution in [0.1, 0.15) is 11.3 Å². The van der Waals surface area contributed by atoms with Crippen molar-refractivity contribution >= 4 is 32.5 Å². The van der Waals surface area contributed by atoms with Gasteiger partial charge in [-0.25, -0.2) is 4.98 Å². The van der Waals surface area contributed by atoms with Crippen LogP contribution in [-0.4, -0.2) is 9.97 Å². The van der Waals surface area contributed by atoms with Crippen LogP contribution in [0.25, 0.3) is 10.9 Å². The molecule has 3 rings (SSSR count). The van der Waals surface area contributed by atoms with E-state index in [4.69, 9.17) is 0 Å². The van der Waals surface area contributed by atoms with Crippen LogP contribution < -0.4 is 5.32 Å². The van der Waals surface area contributed by atoms with E-state index in [1.54, 1.807) is 0 Å². The van der Waals surface area contributed by atoms with E-state index in [0.29, 0.717) is 6.54 Å². The number of aryl methyl sites for hydroxylation is 1. The smallest absolute Gasteiger partial charge is 0.109 e. The second-order valence-electron chi connectivity index (χ2n) is 4.68. The van der Waals surface area contributed by atoms with Crippen LogP contribution in [0, 0.1) is 6.92 Å². The summed E-state index contributed by atoms with van der Waals surface area (Å²) in [7, 11) is 0. The highest BCUT2D eigenvalue weighted by Crippen LogP contribution is 2.18. The van der Waals surface area contributed by atoms with Crippen LogP contribution in [0.4, 0.5) is 5.69 Å². The van der Waals surface area contributed by atoms with Crippen molar-refractivity contribution in [3.05, 3.63) is 64.5 Å². The lowest BCUT2D eigenvalue weighted by atomic mass is 10.2. The van der Waals surface area contributed by atoms with Gasteiger partial charge in [-0.1, -0.05) is 24.3 Å². The van der Waals surface area contributed by atoms with Gasteiger partial charge in [0.15, 0.2) is 0 Å². The molecule has 3 nitrogen and oxygen atoms in total. The Balaban J connectivity index is 1.77. The lowest BCUT2D eigenvalue weighted by Crippen LogP contribution is -2.02. The molecule has 0 aliphatic carbocycles. The minimum absolute atomic E-state index is 0.688. The number of aromatic nitrogens is 2. The minimum atomic E-state index is 0.688. The van der Waals surface area contributed by atoms with E-state index in [9.17, 15) is 0 Å². The number of nitrogens with one attached hydrogen (secondary N) is 1. The zero-order valence-electron chi connectivity index (χ0n) is 11.1. The first-order valence-corrected chi connectivity index (χ1v) is 7.22. The van der Waals surface area contributed by atoms with Gasteiger partial charge in [0.25, 0.3) is 0 Å². The van der Waals surface area contributed by atoms with Crippen molar-refractivity contribution in [1.29, 1.82) is 0 Å². The fourth-order valence-corrected chi connectivity index (χ4v) is 2.27. The van der Waals surface area contributed by atoms with Gasteiger partial charge < -0.3 is 5.32 Å². The van der Waals surface area contributed by atoms with Crippen LogP contribution in [-0.2, 0) is 6.54 Å². The van der Waals surface area contributed by atoms with E-state index >= 15 is 0 Å². The molecule has 0 fully saturated rings. The molecule has 0 saturated carbocycles. The summed E-state index contributed by atoms with van der Waals surface area (Å²) in [4.78, 5) is 8.91. The summed E-state index contributed by atoms with van der Waals surface area (Å²) in [5.74, 6) is 0. The number of hydrogen-bond acceptors (Lipinski definition) is 3. The quantitative estimate of drug-likeness (QED) is 0.728. The van der Waals surface area contributed by atoms with Crippen LogP contribution >= 0.6 is 15.9 Å². The fourth-order valence-electron chi connectivity index (χ4n) is 2.05. The monoisotopic (exact) mass is 327 g/mol. The van der Waals surface area contributed by atoms with Crippen LogP contribution in [0.3, 0.4) is 0 Å². The second kappa shape index (κ2) is 5.59. The summed E-state index contributed by atoms with van der Waals surface area (Å²) in [6.07, 6.45) is 1.82. The molecular weight excluding hydrogens is 314 g/mol. The standard InChI is InChI=1S/C16H14BrN3/c1-11-8-14(10-19-16(11)17)18-9-13-7-6-12-4-2-3-5-15(12)20-13/h2-8,10,18H,9H2,1H3. The third-order valence-electron chi connectivity index (χ3n) is 3.14. The number of halogens is 1. The van der Waals surface area contributed by atoms with Crippen molar-refractivity contribution < 1.29 is 0 Å². The van der Waals surface area contributed by atoms with Crippen LogP contribution in [0.15, 0.2) is 53.3 Å². The molecule has 4 heteroatoms. The van der Waals surface area contributed by atoms with E-state index in [0.717, 1.165) is 32.5 Å². The largest absolute Gasteiger partial charge is 0.378 e. The van der Waals surface area contributed by atoms with Crippen molar-refractivity contribution in [2.24, 2.45) is 0 Å². The molecule has 20 heavy (non-hydrogen) atoms. The number of benzene rings is 1. The van der Waals surface area contributed by atoms with Gasteiger partial charge in [-0.15, -0.1) is 0 Å². The maximum absolute atomic E-state index is 4.64. The molecule has 3 aromatic rings. The molecule has 0 aliphatic rings. The predicted molar refractivity (Wildman–Crippen MR) is 85.7 cm³/mol. The van der Waals surface area contributed by atoms with E-state index in [1.807, 2.05) is 31.3 Å². The molecule has 1 N–H and O–H groups in total. The van der Waals surface area contributed by atoms with Gasteiger partial charge in [0.05, 0.1) is 29.6 Å². The fraction of sp³-hybridized carbons (Fsp3) is 0.125. The Morgan fingerprint density at radius 2 is 2.00 bits per heavy atom. The average molecular weight is 328 g/mol. The van der Waals surface area contributed by atoms with E-state index in [1.165, 1.54) is 0 Å². The Bertz CT molecular complexity index is 756. The summed E-state index contributed by atoms with van der Waals surface area (Å²) in [6.45, 7) is 2.71. The molecule has 0 aliphatic heterocycles. The first-order chi connectivity index (χ1) is 9.72. The number of hydrogen-bond donors (Lipinski definition) is 1. The molecular formula is C16H14BrN3. The Morgan fingerprint density at radius 3 is 2.85 bits per heavy atom. The zero-order chi connectivity index (χ0) is 13.9. The van der Waals surface area contributed by atoms with Crippen molar-refractivity contribution in [3.8, 4) is 0 Å². The summed E-state index contributed by atoms with van der Waals surface area (Å²) >= 11 is 3.40. The van der Waals surface area contributed by atoms with Crippen molar-refractivity contribution in [2.45, 2.75) is 13.5 Å². The van der Waals surface area contributed by atoms with Gasteiger partial charge in [-0.05, 0) is 46.6 Å². The van der Waals surface area contributed by atoms with Gasteiger partial charge in [0.2, 0.25) is 0 Å². The lowest BCUT2D eigenvalue weighted by molar-refractivity contribution is 1.06. The lowest BCUT2D eigenvalue weighted by Gasteiger charge is -2.08. The second-order valence-corrected chi connectivity index (χ2v) is 5.43. The third-order valence-corrected chi connectivity index (χ3v) is 3.97. The number of para-hydroxylation sites is 1. The van der Waals surface area contributed by atoms with Gasteiger partial charge in [0.1, 0.15) is 4.60 Å².